The summed E-state index contributed by atoms with van der Waals surface area (Å²) in [6, 6.07) is 3.57. The average Bonchev–Trinajstić information content (AvgIpc) is 2.85. The zero-order chi connectivity index (χ0) is 14.8. The van der Waals surface area contributed by atoms with Gasteiger partial charge in [0.15, 0.2) is 0 Å². The maximum Gasteiger partial charge on any atom is 0.311 e. The van der Waals surface area contributed by atoms with Gasteiger partial charge in [0.1, 0.15) is 16.9 Å². The fourth-order valence-corrected chi connectivity index (χ4v) is 3.03. The van der Waals surface area contributed by atoms with Crippen LogP contribution in [0.2, 0.25) is 5.02 Å². The molecule has 0 spiro atoms. The molecule has 1 saturated heterocycles. The maximum absolute atomic E-state index is 11.6. The van der Waals surface area contributed by atoms with Crippen LogP contribution in [-0.2, 0) is 4.79 Å². The van der Waals surface area contributed by atoms with Gasteiger partial charge in [0.25, 0.3) is 0 Å². The number of nitrogens with zero attached hydrogens (tertiary/aromatic N) is 3. The van der Waals surface area contributed by atoms with E-state index in [0.717, 1.165) is 6.42 Å². The molecule has 1 N–H and O–H groups in total. The van der Waals surface area contributed by atoms with E-state index < -0.39 is 11.4 Å². The summed E-state index contributed by atoms with van der Waals surface area (Å²) < 4.78 is 0. The maximum atomic E-state index is 11.6. The molecule has 1 unspecified atom stereocenters. The minimum absolute atomic E-state index is 0.299. The van der Waals surface area contributed by atoms with Crippen LogP contribution >= 0.6 is 11.6 Å². The highest BCUT2D eigenvalue weighted by Gasteiger charge is 2.44. The lowest BCUT2D eigenvalue weighted by molar-refractivity contribution is -0.148. The van der Waals surface area contributed by atoms with E-state index >= 15 is 0 Å². The number of pyridine rings is 1. The predicted octanol–water partition coefficient (Wildman–Crippen LogP) is 2.69. The second-order valence-corrected chi connectivity index (χ2v) is 5.49. The first-order valence-corrected chi connectivity index (χ1v) is 6.95. The van der Waals surface area contributed by atoms with Crippen molar-refractivity contribution < 1.29 is 9.90 Å². The topological polar surface area (TPSA) is 77.2 Å². The van der Waals surface area contributed by atoms with Crippen molar-refractivity contribution in [3.05, 3.63) is 22.8 Å². The Morgan fingerprint density at radius 3 is 3.05 bits per heavy atom. The second-order valence-electron chi connectivity index (χ2n) is 5.11. The van der Waals surface area contributed by atoms with Crippen molar-refractivity contribution in [2.75, 3.05) is 18.0 Å². The second kappa shape index (κ2) is 5.68. The van der Waals surface area contributed by atoms with Crippen LogP contribution in [0.15, 0.2) is 12.3 Å². The number of rotatable bonds is 4. The molecule has 1 fully saturated rings. The third-order valence-electron chi connectivity index (χ3n) is 3.83. The van der Waals surface area contributed by atoms with Crippen LogP contribution in [0.4, 0.5) is 5.82 Å². The van der Waals surface area contributed by atoms with Crippen LogP contribution in [0.1, 0.15) is 31.7 Å². The first kappa shape index (κ1) is 14.6. The molecule has 0 bridgehead atoms. The highest BCUT2D eigenvalue weighted by molar-refractivity contribution is 6.34. The number of hydrogen-bond acceptors (Lipinski definition) is 4. The molecule has 0 aromatic carbocycles. The smallest absolute Gasteiger partial charge is 0.311 e. The third-order valence-corrected chi connectivity index (χ3v) is 4.20. The van der Waals surface area contributed by atoms with Crippen molar-refractivity contribution in [2.24, 2.45) is 5.41 Å². The highest BCUT2D eigenvalue weighted by Crippen LogP contribution is 2.39. The fraction of sp³-hybridized carbons (Fsp3) is 0.500. The number of hydrogen-bond donors (Lipinski definition) is 1. The van der Waals surface area contributed by atoms with Gasteiger partial charge in [0.05, 0.1) is 11.0 Å². The molecule has 0 saturated carbocycles. The molecule has 2 heterocycles. The van der Waals surface area contributed by atoms with Gasteiger partial charge in [-0.1, -0.05) is 24.9 Å². The molecule has 5 nitrogen and oxygen atoms in total. The van der Waals surface area contributed by atoms with Crippen LogP contribution in [-0.4, -0.2) is 29.1 Å². The van der Waals surface area contributed by atoms with Crippen molar-refractivity contribution in [2.45, 2.75) is 26.2 Å². The normalized spacial score (nSPS) is 21.8. The van der Waals surface area contributed by atoms with E-state index in [1.165, 1.54) is 6.20 Å². The average molecular weight is 294 g/mol. The Hall–Kier alpha value is -1.80. The predicted molar refractivity (Wildman–Crippen MR) is 75.8 cm³/mol. The van der Waals surface area contributed by atoms with Crippen molar-refractivity contribution in [3.63, 3.8) is 0 Å². The molecule has 1 aromatic heterocycles. The van der Waals surface area contributed by atoms with Crippen molar-refractivity contribution in [1.29, 1.82) is 5.26 Å². The SMILES string of the molecule is CCCC1(C(=O)O)CCN(c2nccc(C#N)c2Cl)C1. The molecular weight excluding hydrogens is 278 g/mol. The summed E-state index contributed by atoms with van der Waals surface area (Å²) in [6.45, 7) is 2.96. The Morgan fingerprint density at radius 1 is 1.70 bits per heavy atom. The van der Waals surface area contributed by atoms with Gasteiger partial charge in [0.2, 0.25) is 0 Å². The zero-order valence-corrected chi connectivity index (χ0v) is 12.0. The van der Waals surface area contributed by atoms with E-state index in [4.69, 9.17) is 16.9 Å². The largest absolute Gasteiger partial charge is 0.481 e. The van der Waals surface area contributed by atoms with Crippen molar-refractivity contribution in [1.82, 2.24) is 4.98 Å². The summed E-state index contributed by atoms with van der Waals surface area (Å²) >= 11 is 6.16. The number of aromatic nitrogens is 1. The molecule has 106 valence electrons. The van der Waals surface area contributed by atoms with Crippen LogP contribution in [0.5, 0.6) is 0 Å². The van der Waals surface area contributed by atoms with E-state index in [1.807, 2.05) is 17.9 Å². The Morgan fingerprint density at radius 2 is 2.45 bits per heavy atom. The number of aliphatic carboxylic acids is 1. The van der Waals surface area contributed by atoms with Crippen LogP contribution in [0, 0.1) is 16.7 Å². The summed E-state index contributed by atoms with van der Waals surface area (Å²) in [5, 5.41) is 18.8. The van der Waals surface area contributed by atoms with Crippen LogP contribution in [0.25, 0.3) is 0 Å². The first-order valence-electron chi connectivity index (χ1n) is 6.57. The number of nitriles is 1. The van der Waals surface area contributed by atoms with E-state index in [0.29, 0.717) is 42.3 Å². The summed E-state index contributed by atoms with van der Waals surface area (Å²) in [5.74, 6) is -0.264. The molecule has 0 aliphatic carbocycles. The van der Waals surface area contributed by atoms with Gasteiger partial charge >= 0.3 is 5.97 Å². The van der Waals surface area contributed by atoms with E-state index in [2.05, 4.69) is 4.98 Å². The van der Waals surface area contributed by atoms with Crippen LogP contribution in [0.3, 0.4) is 0 Å². The molecule has 20 heavy (non-hydrogen) atoms. The Kier molecular flexibility index (Phi) is 4.15. The molecule has 1 atom stereocenters. The van der Waals surface area contributed by atoms with Gasteiger partial charge in [-0.15, -0.1) is 0 Å². The van der Waals surface area contributed by atoms with E-state index in [9.17, 15) is 9.90 Å². The molecule has 0 radical (unpaired) electrons. The highest BCUT2D eigenvalue weighted by atomic mass is 35.5. The molecule has 0 amide bonds. The lowest BCUT2D eigenvalue weighted by atomic mass is 9.83. The van der Waals surface area contributed by atoms with Gasteiger partial charge in [-0.3, -0.25) is 4.79 Å². The molecule has 1 aliphatic heterocycles. The number of carbonyl (C=O) groups is 1. The molecule has 1 aromatic rings. The lowest BCUT2D eigenvalue weighted by Gasteiger charge is -2.25. The monoisotopic (exact) mass is 293 g/mol. The number of carboxylic acids is 1. The lowest BCUT2D eigenvalue weighted by Crippen LogP contribution is -2.35. The van der Waals surface area contributed by atoms with Gasteiger partial charge in [0, 0.05) is 19.3 Å². The van der Waals surface area contributed by atoms with E-state index in [1.54, 1.807) is 6.07 Å². The van der Waals surface area contributed by atoms with Crippen molar-refractivity contribution in [3.8, 4) is 6.07 Å². The van der Waals surface area contributed by atoms with Gasteiger partial charge < -0.3 is 10.0 Å². The Labute approximate surface area is 122 Å². The number of anilines is 1. The summed E-state index contributed by atoms with van der Waals surface area (Å²) in [4.78, 5) is 17.6. The number of halogens is 1. The summed E-state index contributed by atoms with van der Waals surface area (Å²) in [7, 11) is 0. The fourth-order valence-electron chi connectivity index (χ4n) is 2.76. The molecular formula is C14H16ClN3O2. The van der Waals surface area contributed by atoms with Crippen molar-refractivity contribution >= 4 is 23.4 Å². The molecule has 1 aliphatic rings. The number of carboxylic acid groups (broad SMARTS) is 1. The summed E-state index contributed by atoms with van der Waals surface area (Å²) in [6.07, 6.45) is 3.55. The molecule has 6 heteroatoms. The van der Waals surface area contributed by atoms with E-state index in [-0.39, 0.29) is 0 Å². The van der Waals surface area contributed by atoms with Gasteiger partial charge in [-0.05, 0) is 18.9 Å². The van der Waals surface area contributed by atoms with Crippen LogP contribution < -0.4 is 4.90 Å². The standard InChI is InChI=1S/C14H16ClN3O2/c1-2-4-14(13(19)20)5-7-18(9-14)12-11(15)10(8-16)3-6-17-12/h3,6H,2,4-5,7,9H2,1H3,(H,19,20). The Bertz CT molecular complexity index is 570. The van der Waals surface area contributed by atoms with Gasteiger partial charge in [-0.25, -0.2) is 4.98 Å². The minimum Gasteiger partial charge on any atom is -0.481 e. The van der Waals surface area contributed by atoms with Gasteiger partial charge in [-0.2, -0.15) is 5.26 Å². The quantitative estimate of drug-likeness (QED) is 0.923. The minimum atomic E-state index is -0.769. The first-order chi connectivity index (χ1) is 9.54. The zero-order valence-electron chi connectivity index (χ0n) is 11.3. The summed E-state index contributed by atoms with van der Waals surface area (Å²) in [5.41, 5.74) is -0.373. The molecule has 2 rings (SSSR count). The Balaban J connectivity index is 2.30. The third kappa shape index (κ3) is 2.44.